The predicted molar refractivity (Wildman–Crippen MR) is 69.4 cm³/mol. The zero-order chi connectivity index (χ0) is 13.5. The van der Waals surface area contributed by atoms with Gasteiger partial charge in [0.2, 0.25) is 0 Å². The average Bonchev–Trinajstić information content (AvgIpc) is 2.31. The van der Waals surface area contributed by atoms with Crippen molar-refractivity contribution in [3.8, 4) is 0 Å². The molecule has 1 aromatic heterocycles. The van der Waals surface area contributed by atoms with Crippen LogP contribution < -0.4 is 0 Å². The van der Waals surface area contributed by atoms with E-state index in [-0.39, 0.29) is 17.9 Å². The molecule has 0 aliphatic carbocycles. The monoisotopic (exact) mass is 268 g/mol. The molecule has 6 heteroatoms. The third kappa shape index (κ3) is 4.18. The molecule has 0 aliphatic rings. The Morgan fingerprint density at radius 3 is 2.83 bits per heavy atom. The lowest BCUT2D eigenvalue weighted by Gasteiger charge is -2.02. The van der Waals surface area contributed by atoms with E-state index >= 15 is 0 Å². The normalized spacial score (nSPS) is 12.4. The molecule has 0 spiro atoms. The molecule has 96 valence electrons. The van der Waals surface area contributed by atoms with Crippen LogP contribution in [0.25, 0.3) is 0 Å². The van der Waals surface area contributed by atoms with E-state index in [9.17, 15) is 9.90 Å². The molecule has 0 radical (unpaired) electrons. The number of allylic oxidation sites excluding steroid dienone is 1. The summed E-state index contributed by atoms with van der Waals surface area (Å²) in [7, 11) is 0. The van der Waals surface area contributed by atoms with E-state index in [1.165, 1.54) is 19.3 Å². The van der Waals surface area contributed by atoms with Gasteiger partial charge in [-0.2, -0.15) is 0 Å². The number of aromatic nitrogens is 1. The van der Waals surface area contributed by atoms with Gasteiger partial charge in [0.25, 0.3) is 0 Å². The van der Waals surface area contributed by atoms with Crippen LogP contribution in [0.3, 0.4) is 0 Å². The van der Waals surface area contributed by atoms with E-state index in [1.54, 1.807) is 19.1 Å². The molecule has 1 N–H and O–H groups in total. The number of hydrogen-bond donors (Lipinski definition) is 1. The maximum Gasteiger partial charge on any atom is 0.343 e. The second-order valence-electron chi connectivity index (χ2n) is 3.32. The Labute approximate surface area is 110 Å². The molecule has 5 nitrogen and oxygen atoms in total. The largest absolute Gasteiger partial charge is 0.512 e. The summed E-state index contributed by atoms with van der Waals surface area (Å²) in [5.74, 6) is -0.776. The molecular weight excluding hydrogens is 256 g/mol. The highest BCUT2D eigenvalue weighted by Crippen LogP contribution is 2.13. The van der Waals surface area contributed by atoms with Crippen molar-refractivity contribution in [2.75, 3.05) is 6.61 Å². The fraction of sp³-hybridized carbons (Fsp3) is 0.250. The first-order valence-corrected chi connectivity index (χ1v) is 5.65. The molecule has 0 fully saturated rings. The van der Waals surface area contributed by atoms with Crippen molar-refractivity contribution in [3.63, 3.8) is 0 Å². The van der Waals surface area contributed by atoms with Crippen molar-refractivity contribution in [2.45, 2.75) is 13.8 Å². The lowest BCUT2D eigenvalue weighted by molar-refractivity contribution is -0.138. The molecule has 1 rings (SSSR count). The summed E-state index contributed by atoms with van der Waals surface area (Å²) in [5.41, 5.74) is 0.522. The summed E-state index contributed by atoms with van der Waals surface area (Å²) in [6.45, 7) is 3.30. The van der Waals surface area contributed by atoms with Gasteiger partial charge in [-0.1, -0.05) is 11.6 Å². The second kappa shape index (κ2) is 6.76. The minimum absolute atomic E-state index is 0.00630. The number of carbonyl (C=O) groups excluding carboxylic acids is 1. The van der Waals surface area contributed by atoms with E-state index in [0.717, 1.165) is 0 Å². The van der Waals surface area contributed by atoms with Gasteiger partial charge in [-0.15, -0.1) is 0 Å². The van der Waals surface area contributed by atoms with Crippen LogP contribution in [-0.2, 0) is 9.53 Å². The molecule has 0 bridgehead atoms. The zero-order valence-corrected chi connectivity index (χ0v) is 10.8. The van der Waals surface area contributed by atoms with Crippen molar-refractivity contribution in [2.24, 2.45) is 4.99 Å². The Morgan fingerprint density at radius 1 is 1.61 bits per heavy atom. The van der Waals surface area contributed by atoms with E-state index < -0.39 is 5.97 Å². The van der Waals surface area contributed by atoms with Crippen molar-refractivity contribution >= 4 is 29.5 Å². The van der Waals surface area contributed by atoms with Gasteiger partial charge in [0.15, 0.2) is 0 Å². The van der Waals surface area contributed by atoms with E-state index in [0.29, 0.717) is 10.8 Å². The number of aliphatic imine (C=N–C) groups is 1. The first-order valence-electron chi connectivity index (χ1n) is 5.27. The molecule has 0 atom stereocenters. The Morgan fingerprint density at radius 2 is 2.33 bits per heavy atom. The van der Waals surface area contributed by atoms with Gasteiger partial charge in [0.1, 0.15) is 16.5 Å². The van der Waals surface area contributed by atoms with Gasteiger partial charge >= 0.3 is 5.97 Å². The molecule has 1 heterocycles. The van der Waals surface area contributed by atoms with Crippen molar-refractivity contribution in [1.82, 2.24) is 4.98 Å². The lowest BCUT2D eigenvalue weighted by atomic mass is 10.2. The quantitative estimate of drug-likeness (QED) is 0.300. The first-order chi connectivity index (χ1) is 8.54. The minimum Gasteiger partial charge on any atom is -0.512 e. The summed E-state index contributed by atoms with van der Waals surface area (Å²) in [4.78, 5) is 19.3. The lowest BCUT2D eigenvalue weighted by Crippen LogP contribution is -2.10. The van der Waals surface area contributed by atoms with E-state index in [1.807, 2.05) is 0 Å². The highest BCUT2D eigenvalue weighted by atomic mass is 35.5. The number of rotatable bonds is 4. The summed E-state index contributed by atoms with van der Waals surface area (Å²) < 4.78 is 4.79. The van der Waals surface area contributed by atoms with E-state index in [2.05, 4.69) is 9.98 Å². The van der Waals surface area contributed by atoms with Gasteiger partial charge in [-0.25, -0.2) is 9.78 Å². The van der Waals surface area contributed by atoms with Gasteiger partial charge in [0.05, 0.1) is 18.5 Å². The number of esters is 1. The fourth-order valence-electron chi connectivity index (χ4n) is 1.09. The molecule has 0 unspecified atom stereocenters. The third-order valence-corrected chi connectivity index (χ3v) is 2.16. The summed E-state index contributed by atoms with van der Waals surface area (Å²) >= 11 is 5.63. The van der Waals surface area contributed by atoms with Crippen LogP contribution in [0.5, 0.6) is 0 Å². The minimum atomic E-state index is -0.622. The molecule has 18 heavy (non-hydrogen) atoms. The molecule has 0 saturated carbocycles. The maximum atomic E-state index is 11.5. The summed E-state index contributed by atoms with van der Waals surface area (Å²) in [5, 5.41) is 9.74. The highest BCUT2D eigenvalue weighted by molar-refractivity contribution is 6.29. The van der Waals surface area contributed by atoms with Crippen LogP contribution >= 0.6 is 11.6 Å². The molecule has 0 aromatic carbocycles. The smallest absolute Gasteiger partial charge is 0.343 e. The zero-order valence-electron chi connectivity index (χ0n) is 10.1. The van der Waals surface area contributed by atoms with E-state index in [4.69, 9.17) is 16.3 Å². The van der Waals surface area contributed by atoms with Crippen LogP contribution in [0, 0.1) is 0 Å². The standard InChI is InChI=1S/C12H13ClN2O3/c1-3-18-12(17)10(8(2)16)7-14-9-4-5-11(13)15-6-9/h4-7,16H,3H2,1-2H3/b10-8+,14-7?. The molecule has 0 aliphatic heterocycles. The van der Waals surface area contributed by atoms with Crippen LogP contribution in [0.15, 0.2) is 34.7 Å². The first kappa shape index (κ1) is 14.2. The number of pyridine rings is 1. The molecule has 1 aromatic rings. The average molecular weight is 269 g/mol. The summed E-state index contributed by atoms with van der Waals surface area (Å²) in [6, 6.07) is 3.22. The topological polar surface area (TPSA) is 71.8 Å². The number of hydrogen-bond acceptors (Lipinski definition) is 5. The molecule has 0 saturated heterocycles. The Bertz CT molecular complexity index is 477. The predicted octanol–water partition coefficient (Wildman–Crippen LogP) is 2.83. The number of aliphatic hydroxyl groups is 1. The van der Waals surface area contributed by atoms with Crippen molar-refractivity contribution in [3.05, 3.63) is 34.8 Å². The van der Waals surface area contributed by atoms with Crippen LogP contribution in [-0.4, -0.2) is 28.9 Å². The number of carbonyl (C=O) groups is 1. The molecule has 0 amide bonds. The Balaban J connectivity index is 2.88. The fourth-order valence-corrected chi connectivity index (χ4v) is 1.20. The Kier molecular flexibility index (Phi) is 5.32. The van der Waals surface area contributed by atoms with Crippen LogP contribution in [0.4, 0.5) is 5.69 Å². The van der Waals surface area contributed by atoms with Crippen LogP contribution in [0.2, 0.25) is 5.15 Å². The van der Waals surface area contributed by atoms with Gasteiger partial charge in [-0.05, 0) is 26.0 Å². The maximum absolute atomic E-state index is 11.5. The number of aliphatic hydroxyl groups excluding tert-OH is 1. The number of ether oxygens (including phenoxy) is 1. The van der Waals surface area contributed by atoms with Gasteiger partial charge in [-0.3, -0.25) is 4.99 Å². The number of halogens is 1. The number of nitrogens with zero attached hydrogens (tertiary/aromatic N) is 2. The second-order valence-corrected chi connectivity index (χ2v) is 3.70. The van der Waals surface area contributed by atoms with Gasteiger partial charge < -0.3 is 9.84 Å². The van der Waals surface area contributed by atoms with Crippen molar-refractivity contribution < 1.29 is 14.6 Å². The third-order valence-electron chi connectivity index (χ3n) is 1.94. The van der Waals surface area contributed by atoms with Crippen molar-refractivity contribution in [1.29, 1.82) is 0 Å². The SMILES string of the molecule is CCOC(=O)/C(C=Nc1ccc(Cl)nc1)=C(\C)O. The van der Waals surface area contributed by atoms with Crippen LogP contribution in [0.1, 0.15) is 13.8 Å². The highest BCUT2D eigenvalue weighted by Gasteiger charge is 2.11. The Hall–Kier alpha value is -1.88. The summed E-state index contributed by atoms with van der Waals surface area (Å²) in [6.07, 6.45) is 2.69. The molecular formula is C12H13ClN2O3. The van der Waals surface area contributed by atoms with Gasteiger partial charge in [0, 0.05) is 6.21 Å².